The molecule has 0 aliphatic rings. The first-order chi connectivity index (χ1) is 7.13. The summed E-state index contributed by atoms with van der Waals surface area (Å²) in [5.74, 6) is -0.207. The molecule has 6 nitrogen and oxygen atoms in total. The van der Waals surface area contributed by atoms with Gasteiger partial charge >= 0.3 is 5.97 Å². The van der Waals surface area contributed by atoms with Crippen molar-refractivity contribution in [2.24, 2.45) is 0 Å². The van der Waals surface area contributed by atoms with Crippen molar-refractivity contribution in [3.8, 4) is 0 Å². The highest BCUT2D eigenvalue weighted by molar-refractivity contribution is 5.84. The van der Waals surface area contributed by atoms with Crippen molar-refractivity contribution in [3.63, 3.8) is 0 Å². The minimum atomic E-state index is -0.558. The number of carbonyl (C=O) groups is 1. The Kier molecular flexibility index (Phi) is 4.23. The number of hydrogen-bond donors (Lipinski definition) is 1. The quantitative estimate of drug-likeness (QED) is 0.727. The molecule has 6 heteroatoms. The second-order valence-electron chi connectivity index (χ2n) is 3.27. The van der Waals surface area contributed by atoms with E-state index in [0.29, 0.717) is 25.1 Å². The summed E-state index contributed by atoms with van der Waals surface area (Å²) in [6, 6.07) is 0.322. The number of aromatic nitrogens is 2. The molecule has 1 heterocycles. The van der Waals surface area contributed by atoms with E-state index >= 15 is 0 Å². The normalized spacial score (nSPS) is 10.7. The van der Waals surface area contributed by atoms with Gasteiger partial charge < -0.3 is 14.6 Å². The molecule has 15 heavy (non-hydrogen) atoms. The minimum Gasteiger partial charge on any atom is -0.460 e. The lowest BCUT2D eigenvalue weighted by molar-refractivity contribution is 0.0508. The molecule has 0 radical (unpaired) electrons. The largest absolute Gasteiger partial charge is 0.460 e. The Bertz CT molecular complexity index is 322. The van der Waals surface area contributed by atoms with Crippen molar-refractivity contribution in [3.05, 3.63) is 11.7 Å². The van der Waals surface area contributed by atoms with Crippen LogP contribution in [0.3, 0.4) is 0 Å². The lowest BCUT2D eigenvalue weighted by Crippen LogP contribution is -2.22. The van der Waals surface area contributed by atoms with Crippen molar-refractivity contribution >= 4 is 5.97 Å². The predicted molar refractivity (Wildman–Crippen MR) is 52.2 cm³/mol. The number of carbonyl (C=O) groups excluding carboxylic acids is 1. The lowest BCUT2D eigenvalue weighted by atomic mass is 10.4. The number of hydrogen-bond acceptors (Lipinski definition) is 6. The molecular weight excluding hydrogens is 198 g/mol. The van der Waals surface area contributed by atoms with E-state index in [1.54, 1.807) is 6.92 Å². The highest BCUT2D eigenvalue weighted by Crippen LogP contribution is 1.99. The molecule has 0 amide bonds. The monoisotopic (exact) mass is 213 g/mol. The van der Waals surface area contributed by atoms with E-state index in [4.69, 9.17) is 9.26 Å². The van der Waals surface area contributed by atoms with Gasteiger partial charge in [-0.1, -0.05) is 13.8 Å². The van der Waals surface area contributed by atoms with Gasteiger partial charge in [-0.25, -0.2) is 4.79 Å². The van der Waals surface area contributed by atoms with Crippen LogP contribution in [-0.4, -0.2) is 28.8 Å². The Labute approximate surface area is 88.0 Å². The molecule has 0 saturated carbocycles. The van der Waals surface area contributed by atoms with Gasteiger partial charge in [0.2, 0.25) is 5.89 Å². The topological polar surface area (TPSA) is 77.2 Å². The average Bonchev–Trinajstić information content (AvgIpc) is 2.63. The molecule has 1 rings (SSSR count). The maximum Gasteiger partial charge on any atom is 0.379 e. The summed E-state index contributed by atoms with van der Waals surface area (Å²) >= 11 is 0. The predicted octanol–water partition coefficient (Wildman–Crippen LogP) is 0.744. The van der Waals surface area contributed by atoms with Crippen LogP contribution < -0.4 is 5.32 Å². The van der Waals surface area contributed by atoms with E-state index in [2.05, 4.69) is 15.5 Å². The van der Waals surface area contributed by atoms with Crippen molar-refractivity contribution in [2.75, 3.05) is 6.61 Å². The Balaban J connectivity index is 2.52. The SMILES string of the molecule is CCOC(=O)c1noc(CNC(C)C)n1. The summed E-state index contributed by atoms with van der Waals surface area (Å²) in [6.07, 6.45) is 0. The molecule has 0 aliphatic carbocycles. The average molecular weight is 213 g/mol. The summed E-state index contributed by atoms with van der Waals surface area (Å²) in [7, 11) is 0. The third-order valence-electron chi connectivity index (χ3n) is 1.59. The van der Waals surface area contributed by atoms with E-state index in [1.807, 2.05) is 13.8 Å². The van der Waals surface area contributed by atoms with Crippen LogP contribution in [0.25, 0.3) is 0 Å². The van der Waals surface area contributed by atoms with Crippen LogP contribution in [-0.2, 0) is 11.3 Å². The standard InChI is InChI=1S/C9H15N3O3/c1-4-14-9(13)8-11-7(15-12-8)5-10-6(2)3/h6,10H,4-5H2,1-3H3. The molecule has 0 atom stereocenters. The van der Waals surface area contributed by atoms with Crippen LogP contribution in [0, 0.1) is 0 Å². The Morgan fingerprint density at radius 1 is 1.60 bits per heavy atom. The first kappa shape index (κ1) is 11.6. The summed E-state index contributed by atoms with van der Waals surface area (Å²) in [4.78, 5) is 15.1. The number of nitrogens with one attached hydrogen (secondary N) is 1. The zero-order valence-electron chi connectivity index (χ0n) is 9.11. The van der Waals surface area contributed by atoms with Crippen LogP contribution in [0.4, 0.5) is 0 Å². The lowest BCUT2D eigenvalue weighted by Gasteiger charge is -2.02. The van der Waals surface area contributed by atoms with Crippen LogP contribution in [0.2, 0.25) is 0 Å². The minimum absolute atomic E-state index is 0.0302. The van der Waals surface area contributed by atoms with Crippen molar-refractivity contribution < 1.29 is 14.1 Å². The molecule has 0 bridgehead atoms. The molecule has 1 N–H and O–H groups in total. The number of rotatable bonds is 5. The summed E-state index contributed by atoms with van der Waals surface area (Å²) in [5, 5.41) is 6.61. The summed E-state index contributed by atoms with van der Waals surface area (Å²) < 4.78 is 9.58. The fraction of sp³-hybridized carbons (Fsp3) is 0.667. The van der Waals surface area contributed by atoms with Crippen LogP contribution in [0.15, 0.2) is 4.52 Å². The molecule has 0 aromatic carbocycles. The number of ether oxygens (including phenoxy) is 1. The van der Waals surface area contributed by atoms with Crippen LogP contribution >= 0.6 is 0 Å². The van der Waals surface area contributed by atoms with Crippen molar-refractivity contribution in [1.82, 2.24) is 15.5 Å². The highest BCUT2D eigenvalue weighted by atomic mass is 16.5. The van der Waals surface area contributed by atoms with Gasteiger partial charge in [0.15, 0.2) is 0 Å². The molecular formula is C9H15N3O3. The van der Waals surface area contributed by atoms with E-state index in [1.165, 1.54) is 0 Å². The Morgan fingerprint density at radius 3 is 2.93 bits per heavy atom. The van der Waals surface area contributed by atoms with Gasteiger partial charge in [-0.05, 0) is 12.1 Å². The molecule has 0 unspecified atom stereocenters. The second-order valence-corrected chi connectivity index (χ2v) is 3.27. The molecule has 1 aromatic rings. The molecule has 84 valence electrons. The van der Waals surface area contributed by atoms with Gasteiger partial charge in [0.1, 0.15) is 0 Å². The molecule has 0 saturated heterocycles. The maximum atomic E-state index is 11.2. The molecule has 0 spiro atoms. The fourth-order valence-electron chi connectivity index (χ4n) is 0.897. The molecule has 1 aromatic heterocycles. The highest BCUT2D eigenvalue weighted by Gasteiger charge is 2.15. The molecule has 0 fully saturated rings. The van der Waals surface area contributed by atoms with Crippen molar-refractivity contribution in [1.29, 1.82) is 0 Å². The van der Waals surface area contributed by atoms with E-state index in [-0.39, 0.29) is 5.82 Å². The van der Waals surface area contributed by atoms with Gasteiger partial charge in [0.25, 0.3) is 5.82 Å². The zero-order chi connectivity index (χ0) is 11.3. The van der Waals surface area contributed by atoms with E-state index in [0.717, 1.165) is 0 Å². The van der Waals surface area contributed by atoms with Gasteiger partial charge in [-0.15, -0.1) is 0 Å². The number of esters is 1. The first-order valence-electron chi connectivity index (χ1n) is 4.86. The Hall–Kier alpha value is -1.43. The third-order valence-corrected chi connectivity index (χ3v) is 1.59. The molecule has 0 aliphatic heterocycles. The van der Waals surface area contributed by atoms with E-state index in [9.17, 15) is 4.79 Å². The summed E-state index contributed by atoms with van der Waals surface area (Å²) in [5.41, 5.74) is 0. The zero-order valence-corrected chi connectivity index (χ0v) is 9.11. The van der Waals surface area contributed by atoms with Crippen LogP contribution in [0.1, 0.15) is 37.3 Å². The van der Waals surface area contributed by atoms with E-state index < -0.39 is 5.97 Å². The third kappa shape index (κ3) is 3.67. The Morgan fingerprint density at radius 2 is 2.33 bits per heavy atom. The number of nitrogens with zero attached hydrogens (tertiary/aromatic N) is 2. The van der Waals surface area contributed by atoms with Crippen molar-refractivity contribution in [2.45, 2.75) is 33.4 Å². The van der Waals surface area contributed by atoms with Gasteiger partial charge in [-0.2, -0.15) is 4.98 Å². The van der Waals surface area contributed by atoms with Gasteiger partial charge in [0.05, 0.1) is 13.2 Å². The maximum absolute atomic E-state index is 11.2. The summed E-state index contributed by atoms with van der Waals surface area (Å²) in [6.45, 7) is 6.47. The van der Waals surface area contributed by atoms with Gasteiger partial charge in [0, 0.05) is 6.04 Å². The second kappa shape index (κ2) is 5.45. The smallest absolute Gasteiger partial charge is 0.379 e. The first-order valence-corrected chi connectivity index (χ1v) is 4.86. The van der Waals surface area contributed by atoms with Crippen LogP contribution in [0.5, 0.6) is 0 Å². The fourth-order valence-corrected chi connectivity index (χ4v) is 0.897. The van der Waals surface area contributed by atoms with Gasteiger partial charge in [-0.3, -0.25) is 0 Å².